The smallest absolute Gasteiger partial charge is 0.0956 e. The summed E-state index contributed by atoms with van der Waals surface area (Å²) < 4.78 is 2.46. The molecule has 0 radical (unpaired) electrons. The van der Waals surface area contributed by atoms with E-state index in [-0.39, 0.29) is 5.54 Å². The fourth-order valence-corrected chi connectivity index (χ4v) is 2.96. The molecule has 0 saturated heterocycles. The third-order valence-electron chi connectivity index (χ3n) is 3.64. The molecular weight excluding hydrogens is 220 g/mol. The number of allylic oxidation sites excluding steroid dienone is 1. The van der Waals surface area contributed by atoms with E-state index in [0.29, 0.717) is 5.92 Å². The highest BCUT2D eigenvalue weighted by molar-refractivity contribution is 5.88. The highest BCUT2D eigenvalue weighted by atomic mass is 15.1. The lowest BCUT2D eigenvalue weighted by Crippen LogP contribution is -2.25. The lowest BCUT2D eigenvalue weighted by atomic mass is 9.95. The van der Waals surface area contributed by atoms with Crippen molar-refractivity contribution in [2.24, 2.45) is 5.92 Å². The molecule has 1 aliphatic carbocycles. The summed E-state index contributed by atoms with van der Waals surface area (Å²) in [7, 11) is 0. The van der Waals surface area contributed by atoms with Gasteiger partial charge < -0.3 is 4.57 Å². The topological polar surface area (TPSA) is 17.8 Å². The number of fused-ring (bicyclic) bond motifs is 3. The van der Waals surface area contributed by atoms with E-state index in [1.165, 1.54) is 16.8 Å². The van der Waals surface area contributed by atoms with Crippen molar-refractivity contribution in [2.45, 2.75) is 39.7 Å². The van der Waals surface area contributed by atoms with Gasteiger partial charge in [-0.05, 0) is 45.2 Å². The Bertz CT molecular complexity index is 626. The molecule has 1 aliphatic rings. The summed E-state index contributed by atoms with van der Waals surface area (Å²) in [5.41, 5.74) is 5.25. The Morgan fingerprint density at radius 2 is 2.11 bits per heavy atom. The second-order valence-corrected chi connectivity index (χ2v) is 6.28. The maximum Gasteiger partial charge on any atom is 0.0956 e. The van der Waals surface area contributed by atoms with Crippen LogP contribution in [0.4, 0.5) is 0 Å². The second kappa shape index (κ2) is 3.71. The minimum Gasteiger partial charge on any atom is -0.337 e. The summed E-state index contributed by atoms with van der Waals surface area (Å²) >= 11 is 0. The van der Waals surface area contributed by atoms with Crippen molar-refractivity contribution in [1.29, 1.82) is 0 Å². The van der Waals surface area contributed by atoms with Gasteiger partial charge in [0.15, 0.2) is 0 Å². The van der Waals surface area contributed by atoms with Crippen molar-refractivity contribution < 1.29 is 0 Å². The quantitative estimate of drug-likeness (QED) is 0.680. The van der Waals surface area contributed by atoms with Crippen molar-refractivity contribution in [1.82, 2.24) is 9.55 Å². The zero-order valence-corrected chi connectivity index (χ0v) is 11.6. The molecule has 94 valence electrons. The van der Waals surface area contributed by atoms with Gasteiger partial charge in [-0.25, -0.2) is 0 Å². The molecule has 0 fully saturated rings. The molecule has 2 aromatic rings. The molecular formula is C16H20N2. The van der Waals surface area contributed by atoms with Crippen molar-refractivity contribution in [3.05, 3.63) is 35.7 Å². The summed E-state index contributed by atoms with van der Waals surface area (Å²) in [5.74, 6) is 0.614. The van der Waals surface area contributed by atoms with Gasteiger partial charge >= 0.3 is 0 Å². The number of hydrogen-bond acceptors (Lipinski definition) is 1. The molecule has 0 aromatic carbocycles. The lowest BCUT2D eigenvalue weighted by Gasteiger charge is -2.27. The molecule has 0 bridgehead atoms. The Morgan fingerprint density at radius 1 is 1.33 bits per heavy atom. The van der Waals surface area contributed by atoms with Crippen LogP contribution in [0.1, 0.15) is 39.0 Å². The number of aromatic nitrogens is 2. The van der Waals surface area contributed by atoms with Gasteiger partial charge in [-0.2, -0.15) is 0 Å². The summed E-state index contributed by atoms with van der Waals surface area (Å²) in [6.45, 7) is 9.08. The predicted octanol–water partition coefficient (Wildman–Crippen LogP) is 4.00. The number of hydrogen-bond donors (Lipinski definition) is 0. The van der Waals surface area contributed by atoms with Crippen LogP contribution in [0.3, 0.4) is 0 Å². The first-order valence-corrected chi connectivity index (χ1v) is 6.65. The highest BCUT2D eigenvalue weighted by Crippen LogP contribution is 2.35. The summed E-state index contributed by atoms with van der Waals surface area (Å²) in [6, 6.07) is 4.22. The second-order valence-electron chi connectivity index (χ2n) is 6.28. The molecule has 2 heteroatoms. The van der Waals surface area contributed by atoms with E-state index in [4.69, 9.17) is 0 Å². The van der Waals surface area contributed by atoms with Crippen LogP contribution in [0.2, 0.25) is 0 Å². The van der Waals surface area contributed by atoms with Gasteiger partial charge in [-0.1, -0.05) is 19.1 Å². The fraction of sp³-hybridized carbons (Fsp3) is 0.438. The molecule has 0 saturated carbocycles. The Balaban J connectivity index is 2.41. The van der Waals surface area contributed by atoms with E-state index in [0.717, 1.165) is 11.9 Å². The van der Waals surface area contributed by atoms with E-state index < -0.39 is 0 Å². The first-order valence-electron chi connectivity index (χ1n) is 6.65. The number of pyridine rings is 1. The maximum absolute atomic E-state index is 4.58. The SMILES string of the molecule is CC1C=Cc2c(n(C(C)(C)C)c3cccnc23)C1. The van der Waals surface area contributed by atoms with Crippen LogP contribution in [-0.4, -0.2) is 9.55 Å². The molecule has 0 N–H and O–H groups in total. The van der Waals surface area contributed by atoms with E-state index in [1.807, 2.05) is 12.3 Å². The first-order chi connectivity index (χ1) is 8.48. The van der Waals surface area contributed by atoms with Gasteiger partial charge in [0, 0.05) is 23.0 Å². The molecule has 2 heterocycles. The van der Waals surface area contributed by atoms with Crippen LogP contribution in [0.5, 0.6) is 0 Å². The molecule has 1 unspecified atom stereocenters. The Hall–Kier alpha value is -1.57. The van der Waals surface area contributed by atoms with Crippen LogP contribution in [0.25, 0.3) is 17.1 Å². The third kappa shape index (κ3) is 1.59. The molecule has 1 atom stereocenters. The largest absolute Gasteiger partial charge is 0.337 e. The predicted molar refractivity (Wildman–Crippen MR) is 76.6 cm³/mol. The fourth-order valence-electron chi connectivity index (χ4n) is 2.96. The Labute approximate surface area is 108 Å². The van der Waals surface area contributed by atoms with E-state index in [1.54, 1.807) is 0 Å². The summed E-state index contributed by atoms with van der Waals surface area (Å²) in [4.78, 5) is 4.58. The lowest BCUT2D eigenvalue weighted by molar-refractivity contribution is 0.393. The van der Waals surface area contributed by atoms with Gasteiger partial charge in [0.05, 0.1) is 11.0 Å². The number of rotatable bonds is 0. The van der Waals surface area contributed by atoms with Gasteiger partial charge in [0.1, 0.15) is 0 Å². The molecule has 0 amide bonds. The van der Waals surface area contributed by atoms with E-state index in [9.17, 15) is 0 Å². The number of nitrogens with zero attached hydrogens (tertiary/aromatic N) is 2. The molecule has 3 rings (SSSR count). The Morgan fingerprint density at radius 3 is 2.83 bits per heavy atom. The van der Waals surface area contributed by atoms with Crippen LogP contribution < -0.4 is 0 Å². The minimum absolute atomic E-state index is 0.0970. The zero-order valence-electron chi connectivity index (χ0n) is 11.6. The normalized spacial score (nSPS) is 19.2. The zero-order chi connectivity index (χ0) is 12.9. The molecule has 0 aliphatic heterocycles. The first kappa shape index (κ1) is 11.5. The van der Waals surface area contributed by atoms with Crippen molar-refractivity contribution in [3.8, 4) is 0 Å². The molecule has 0 spiro atoms. The average Bonchev–Trinajstić information content (AvgIpc) is 2.61. The third-order valence-corrected chi connectivity index (χ3v) is 3.64. The molecule has 18 heavy (non-hydrogen) atoms. The van der Waals surface area contributed by atoms with Crippen LogP contribution in [0, 0.1) is 5.92 Å². The average molecular weight is 240 g/mol. The minimum atomic E-state index is 0.0970. The monoisotopic (exact) mass is 240 g/mol. The standard InChI is InChI=1S/C16H20N2/c1-11-7-8-12-14(10-11)18(16(2,3)4)13-6-5-9-17-15(12)13/h5-9,11H,10H2,1-4H3. The Kier molecular flexibility index (Phi) is 2.37. The van der Waals surface area contributed by atoms with Gasteiger partial charge in [0.2, 0.25) is 0 Å². The van der Waals surface area contributed by atoms with Crippen molar-refractivity contribution >= 4 is 17.1 Å². The summed E-state index contributed by atoms with van der Waals surface area (Å²) in [6.07, 6.45) is 7.55. The maximum atomic E-state index is 4.58. The molecule has 2 aromatic heterocycles. The molecule has 2 nitrogen and oxygen atoms in total. The highest BCUT2D eigenvalue weighted by Gasteiger charge is 2.26. The van der Waals surface area contributed by atoms with Gasteiger partial charge in [-0.15, -0.1) is 0 Å². The van der Waals surface area contributed by atoms with Crippen molar-refractivity contribution in [2.75, 3.05) is 0 Å². The van der Waals surface area contributed by atoms with Crippen LogP contribution >= 0.6 is 0 Å². The summed E-state index contributed by atoms with van der Waals surface area (Å²) in [5, 5.41) is 0. The van der Waals surface area contributed by atoms with Gasteiger partial charge in [0.25, 0.3) is 0 Å². The van der Waals surface area contributed by atoms with E-state index in [2.05, 4.69) is 55.5 Å². The van der Waals surface area contributed by atoms with Crippen LogP contribution in [-0.2, 0) is 12.0 Å². The van der Waals surface area contributed by atoms with Gasteiger partial charge in [-0.3, -0.25) is 4.98 Å². The van der Waals surface area contributed by atoms with Crippen molar-refractivity contribution in [3.63, 3.8) is 0 Å². The van der Waals surface area contributed by atoms with Crippen LogP contribution in [0.15, 0.2) is 24.4 Å². The van der Waals surface area contributed by atoms with E-state index >= 15 is 0 Å².